The Morgan fingerprint density at radius 2 is 1.43 bits per heavy atom. The van der Waals surface area contributed by atoms with Crippen molar-refractivity contribution in [2.24, 2.45) is 0 Å². The number of aryl methyl sites for hydroxylation is 1. The fraction of sp³-hybridized carbons (Fsp3) is 0.231. The van der Waals surface area contributed by atoms with Crippen LogP contribution in [0.2, 0.25) is 5.02 Å². The number of nitrogens with one attached hydrogen (secondary N) is 3. The Labute approximate surface area is 211 Å². The molecule has 0 heterocycles. The zero-order valence-electron chi connectivity index (χ0n) is 19.3. The maximum atomic E-state index is 13.1. The lowest BCUT2D eigenvalue weighted by Gasteiger charge is -2.19. The fourth-order valence-corrected chi connectivity index (χ4v) is 5.19. The van der Waals surface area contributed by atoms with Crippen molar-refractivity contribution < 1.29 is 18.0 Å². The van der Waals surface area contributed by atoms with Crippen LogP contribution in [-0.2, 0) is 32.7 Å². The quantitative estimate of drug-likeness (QED) is 0.363. The molecule has 9 heteroatoms. The van der Waals surface area contributed by atoms with E-state index in [9.17, 15) is 18.0 Å². The molecular formula is C26H28ClN3O4S. The highest BCUT2D eigenvalue weighted by Crippen LogP contribution is 2.23. The Bertz CT molecular complexity index is 1250. The summed E-state index contributed by atoms with van der Waals surface area (Å²) in [5.41, 5.74) is 2.51. The highest BCUT2D eigenvalue weighted by atomic mass is 35.5. The van der Waals surface area contributed by atoms with Crippen LogP contribution in [0.15, 0.2) is 83.8 Å². The van der Waals surface area contributed by atoms with Crippen molar-refractivity contribution in [1.82, 2.24) is 15.4 Å². The minimum absolute atomic E-state index is 0.0239. The van der Waals surface area contributed by atoms with Crippen LogP contribution in [0.3, 0.4) is 0 Å². The predicted octanol–water partition coefficient (Wildman–Crippen LogP) is 3.71. The van der Waals surface area contributed by atoms with Gasteiger partial charge in [0.2, 0.25) is 21.8 Å². The first-order valence-corrected chi connectivity index (χ1v) is 13.0. The second kappa shape index (κ2) is 12.5. The van der Waals surface area contributed by atoms with Crippen LogP contribution in [0, 0.1) is 6.92 Å². The molecule has 3 rings (SSSR count). The van der Waals surface area contributed by atoms with Gasteiger partial charge < -0.3 is 10.6 Å². The number of halogens is 1. The number of carbonyl (C=O) groups is 2. The number of benzene rings is 3. The maximum Gasteiger partial charge on any atom is 0.242 e. The molecule has 0 aromatic heterocycles. The Morgan fingerprint density at radius 3 is 2.03 bits per heavy atom. The minimum Gasteiger partial charge on any atom is -0.352 e. The van der Waals surface area contributed by atoms with Crippen LogP contribution in [0.25, 0.3) is 0 Å². The van der Waals surface area contributed by atoms with Gasteiger partial charge in [0.1, 0.15) is 10.9 Å². The van der Waals surface area contributed by atoms with E-state index in [4.69, 9.17) is 11.6 Å². The molecule has 2 amide bonds. The van der Waals surface area contributed by atoms with Crippen LogP contribution in [-0.4, -0.2) is 26.3 Å². The van der Waals surface area contributed by atoms with Crippen molar-refractivity contribution in [3.05, 3.63) is 101 Å². The molecule has 3 aromatic carbocycles. The second-order valence-corrected chi connectivity index (χ2v) is 10.2. The Kier molecular flexibility index (Phi) is 9.42. The predicted molar refractivity (Wildman–Crippen MR) is 136 cm³/mol. The first-order valence-electron chi connectivity index (χ1n) is 11.2. The second-order valence-electron chi connectivity index (χ2n) is 8.11. The Balaban J connectivity index is 1.69. The average Bonchev–Trinajstić information content (AvgIpc) is 2.86. The summed E-state index contributed by atoms with van der Waals surface area (Å²) < 4.78 is 28.6. The van der Waals surface area contributed by atoms with Crippen LogP contribution in [0.5, 0.6) is 0 Å². The Morgan fingerprint density at radius 1 is 0.857 bits per heavy atom. The summed E-state index contributed by atoms with van der Waals surface area (Å²) in [4.78, 5) is 25.3. The summed E-state index contributed by atoms with van der Waals surface area (Å²) >= 11 is 6.13. The third-order valence-electron chi connectivity index (χ3n) is 5.29. The maximum absolute atomic E-state index is 13.1. The molecule has 0 spiro atoms. The van der Waals surface area contributed by atoms with E-state index in [0.29, 0.717) is 12.1 Å². The van der Waals surface area contributed by atoms with Crippen molar-refractivity contribution in [3.63, 3.8) is 0 Å². The molecule has 0 fully saturated rings. The summed E-state index contributed by atoms with van der Waals surface area (Å²) in [7, 11) is -4.12. The molecule has 1 atom stereocenters. The van der Waals surface area contributed by atoms with E-state index >= 15 is 0 Å². The van der Waals surface area contributed by atoms with E-state index in [1.54, 1.807) is 13.0 Å². The van der Waals surface area contributed by atoms with Gasteiger partial charge in [-0.3, -0.25) is 9.59 Å². The summed E-state index contributed by atoms with van der Waals surface area (Å²) in [6, 6.07) is 22.1. The van der Waals surface area contributed by atoms with Crippen LogP contribution in [0.4, 0.5) is 0 Å². The van der Waals surface area contributed by atoms with Crippen molar-refractivity contribution >= 4 is 33.4 Å². The van der Waals surface area contributed by atoms with E-state index in [2.05, 4.69) is 15.4 Å². The molecular weight excluding hydrogens is 486 g/mol. The van der Waals surface area contributed by atoms with E-state index in [0.717, 1.165) is 11.1 Å². The molecule has 0 saturated carbocycles. The molecule has 3 N–H and O–H groups in total. The monoisotopic (exact) mass is 513 g/mol. The molecule has 184 valence electrons. The minimum atomic E-state index is -4.12. The molecule has 3 aromatic rings. The average molecular weight is 514 g/mol. The van der Waals surface area contributed by atoms with Crippen molar-refractivity contribution in [1.29, 1.82) is 0 Å². The highest BCUT2D eigenvalue weighted by molar-refractivity contribution is 7.89. The molecule has 0 saturated heterocycles. The van der Waals surface area contributed by atoms with Gasteiger partial charge in [-0.1, -0.05) is 78.3 Å². The number of amides is 2. The molecule has 0 unspecified atom stereocenters. The smallest absolute Gasteiger partial charge is 0.242 e. The topological polar surface area (TPSA) is 104 Å². The zero-order valence-corrected chi connectivity index (χ0v) is 20.9. The first kappa shape index (κ1) is 26.4. The SMILES string of the molecule is Cc1ccc(Cl)c(S(=O)(=O)N[C@@H](CCC(=O)NCc2ccccc2)C(=O)NCc2ccccc2)c1. The van der Waals surface area contributed by atoms with Gasteiger partial charge in [-0.15, -0.1) is 0 Å². The van der Waals surface area contributed by atoms with Gasteiger partial charge in [-0.05, 0) is 42.2 Å². The standard InChI is InChI=1S/C26H28ClN3O4S/c1-19-12-13-22(27)24(16-19)35(33,34)30-23(26(32)29-18-21-10-6-3-7-11-21)14-15-25(31)28-17-20-8-4-2-5-9-20/h2-13,16,23,30H,14-15,17-18H2,1H3,(H,28,31)(H,29,32)/t23-/m0/s1. The van der Waals surface area contributed by atoms with E-state index < -0.39 is 22.0 Å². The van der Waals surface area contributed by atoms with E-state index in [1.807, 2.05) is 60.7 Å². The van der Waals surface area contributed by atoms with Crippen LogP contribution in [0.1, 0.15) is 29.5 Å². The van der Waals surface area contributed by atoms with Crippen LogP contribution < -0.4 is 15.4 Å². The lowest BCUT2D eigenvalue weighted by molar-refractivity contribution is -0.124. The van der Waals surface area contributed by atoms with Crippen molar-refractivity contribution in [3.8, 4) is 0 Å². The number of sulfonamides is 1. The molecule has 0 aliphatic rings. The normalized spacial score (nSPS) is 12.1. The third-order valence-corrected chi connectivity index (χ3v) is 7.25. The van der Waals surface area contributed by atoms with Gasteiger partial charge in [0, 0.05) is 19.5 Å². The number of rotatable bonds is 11. The van der Waals surface area contributed by atoms with Gasteiger partial charge in [-0.25, -0.2) is 8.42 Å². The van der Waals surface area contributed by atoms with Gasteiger partial charge in [0.15, 0.2) is 0 Å². The van der Waals surface area contributed by atoms with Gasteiger partial charge in [-0.2, -0.15) is 4.72 Å². The highest BCUT2D eigenvalue weighted by Gasteiger charge is 2.28. The van der Waals surface area contributed by atoms with Crippen molar-refractivity contribution in [2.75, 3.05) is 0 Å². The number of carbonyl (C=O) groups excluding carboxylic acids is 2. The molecule has 0 aliphatic carbocycles. The molecule has 7 nitrogen and oxygen atoms in total. The number of hydrogen-bond acceptors (Lipinski definition) is 4. The summed E-state index contributed by atoms with van der Waals surface area (Å²) in [6.45, 7) is 2.31. The largest absolute Gasteiger partial charge is 0.352 e. The fourth-order valence-electron chi connectivity index (χ4n) is 3.38. The lowest BCUT2D eigenvalue weighted by atomic mass is 10.1. The molecule has 35 heavy (non-hydrogen) atoms. The molecule has 0 bridgehead atoms. The zero-order chi connectivity index (χ0) is 25.3. The molecule has 0 aliphatic heterocycles. The molecule has 0 radical (unpaired) electrons. The third kappa shape index (κ3) is 8.20. The van der Waals surface area contributed by atoms with Crippen LogP contribution >= 0.6 is 11.6 Å². The van der Waals surface area contributed by atoms with Gasteiger partial charge >= 0.3 is 0 Å². The van der Waals surface area contributed by atoms with Gasteiger partial charge in [0.05, 0.1) is 5.02 Å². The van der Waals surface area contributed by atoms with Gasteiger partial charge in [0.25, 0.3) is 0 Å². The lowest BCUT2D eigenvalue weighted by Crippen LogP contribution is -2.47. The van der Waals surface area contributed by atoms with E-state index in [-0.39, 0.29) is 35.2 Å². The summed E-state index contributed by atoms with van der Waals surface area (Å²) in [5.74, 6) is -0.820. The summed E-state index contributed by atoms with van der Waals surface area (Å²) in [5, 5.41) is 5.59. The van der Waals surface area contributed by atoms with Crippen molar-refractivity contribution in [2.45, 2.75) is 43.8 Å². The van der Waals surface area contributed by atoms with E-state index in [1.165, 1.54) is 12.1 Å². The first-order chi connectivity index (χ1) is 16.7. The number of hydrogen-bond donors (Lipinski definition) is 3. The summed E-state index contributed by atoms with van der Waals surface area (Å²) in [6.07, 6.45) is -0.0652. The Hall–Kier alpha value is -3.20.